The fourth-order valence-electron chi connectivity index (χ4n) is 2.17. The number of hydrogen-bond donors (Lipinski definition) is 1. The van der Waals surface area contributed by atoms with Gasteiger partial charge in [-0.05, 0) is 36.8 Å². The molecule has 0 saturated heterocycles. The predicted octanol–water partition coefficient (Wildman–Crippen LogP) is 2.86. The summed E-state index contributed by atoms with van der Waals surface area (Å²) in [4.78, 5) is 11.7. The van der Waals surface area contributed by atoms with E-state index in [1.54, 1.807) is 23.0 Å². The van der Waals surface area contributed by atoms with Crippen LogP contribution >= 0.6 is 23.2 Å². The Kier molecular flexibility index (Phi) is 4.10. The lowest BCUT2D eigenvalue weighted by Crippen LogP contribution is -2.28. The van der Waals surface area contributed by atoms with Gasteiger partial charge in [0.25, 0.3) is 0 Å². The molecule has 22 heavy (non-hydrogen) atoms. The Labute approximate surface area is 137 Å². The lowest BCUT2D eigenvalue weighted by molar-refractivity contribution is -0.122. The van der Waals surface area contributed by atoms with Gasteiger partial charge in [-0.25, -0.2) is 9.07 Å². The summed E-state index contributed by atoms with van der Waals surface area (Å²) < 4.78 is 13.7. The molecule has 1 aromatic heterocycles. The van der Waals surface area contributed by atoms with Crippen molar-refractivity contribution in [3.63, 3.8) is 0 Å². The molecule has 3 rings (SSSR count). The molecule has 2 aromatic rings. The first kappa shape index (κ1) is 15.3. The first-order chi connectivity index (χ1) is 10.5. The predicted molar refractivity (Wildman–Crippen MR) is 82.8 cm³/mol. The SMILES string of the molecule is O=C(NCCc1ccn(-c2ccc(F)cc2)n1)C1CC1(Cl)Cl. The maximum absolute atomic E-state index is 12.9. The maximum atomic E-state index is 12.9. The third-order valence-electron chi connectivity index (χ3n) is 3.56. The second-order valence-corrected chi connectivity index (χ2v) is 6.83. The van der Waals surface area contributed by atoms with Crippen LogP contribution in [0.25, 0.3) is 5.69 Å². The zero-order valence-electron chi connectivity index (χ0n) is 11.6. The zero-order chi connectivity index (χ0) is 15.7. The van der Waals surface area contributed by atoms with Crippen LogP contribution in [0.15, 0.2) is 36.5 Å². The highest BCUT2D eigenvalue weighted by Gasteiger charge is 2.56. The Bertz CT molecular complexity index is 684. The second-order valence-electron chi connectivity index (χ2n) is 5.29. The summed E-state index contributed by atoms with van der Waals surface area (Å²) in [5.74, 6) is -0.718. The molecular formula is C15H14Cl2FN3O. The summed E-state index contributed by atoms with van der Waals surface area (Å²) in [6.07, 6.45) is 2.90. The van der Waals surface area contributed by atoms with E-state index in [-0.39, 0.29) is 17.6 Å². The second kappa shape index (κ2) is 5.89. The lowest BCUT2D eigenvalue weighted by atomic mass is 10.3. The molecule has 1 aliphatic rings. The molecule has 0 bridgehead atoms. The topological polar surface area (TPSA) is 46.9 Å². The van der Waals surface area contributed by atoms with E-state index in [1.165, 1.54) is 12.1 Å². The van der Waals surface area contributed by atoms with Crippen molar-refractivity contribution >= 4 is 29.1 Å². The van der Waals surface area contributed by atoms with Crippen LogP contribution in [0.5, 0.6) is 0 Å². The first-order valence-electron chi connectivity index (χ1n) is 6.92. The van der Waals surface area contributed by atoms with Crippen LogP contribution in [0.2, 0.25) is 0 Å². The van der Waals surface area contributed by atoms with Crippen LogP contribution in [0.1, 0.15) is 12.1 Å². The molecule has 1 heterocycles. The highest BCUT2D eigenvalue weighted by atomic mass is 35.5. The number of halogens is 3. The summed E-state index contributed by atoms with van der Waals surface area (Å²) in [5, 5.41) is 7.19. The quantitative estimate of drug-likeness (QED) is 0.850. The number of aromatic nitrogens is 2. The van der Waals surface area contributed by atoms with Crippen LogP contribution in [0, 0.1) is 11.7 Å². The number of carbonyl (C=O) groups excluding carboxylic acids is 1. The molecule has 1 amide bonds. The normalized spacial score (nSPS) is 19.0. The summed E-state index contributed by atoms with van der Waals surface area (Å²) in [6.45, 7) is 0.472. The van der Waals surface area contributed by atoms with E-state index >= 15 is 0 Å². The Balaban J connectivity index is 1.52. The van der Waals surface area contributed by atoms with Crippen molar-refractivity contribution < 1.29 is 9.18 Å². The number of alkyl halides is 2. The standard InChI is InChI=1S/C15H14Cl2FN3O/c16-15(17)9-13(15)14(22)19-7-5-11-6-8-21(20-11)12-3-1-10(18)2-4-12/h1-4,6,8,13H,5,7,9H2,(H,19,22). The Morgan fingerprint density at radius 2 is 2.05 bits per heavy atom. The minimum Gasteiger partial charge on any atom is -0.355 e. The summed E-state index contributed by atoms with van der Waals surface area (Å²) in [6, 6.07) is 7.94. The summed E-state index contributed by atoms with van der Waals surface area (Å²) in [5.41, 5.74) is 1.62. The van der Waals surface area contributed by atoms with Gasteiger partial charge in [-0.2, -0.15) is 5.10 Å². The smallest absolute Gasteiger partial charge is 0.226 e. The number of benzene rings is 1. The minimum atomic E-state index is -0.895. The number of amides is 1. The van der Waals surface area contributed by atoms with Crippen molar-refractivity contribution in [3.05, 3.63) is 48.0 Å². The molecule has 1 aromatic carbocycles. The van der Waals surface area contributed by atoms with Gasteiger partial charge in [-0.1, -0.05) is 0 Å². The third-order valence-corrected chi connectivity index (χ3v) is 4.39. The van der Waals surface area contributed by atoms with Crippen LogP contribution in [0.3, 0.4) is 0 Å². The molecule has 4 nitrogen and oxygen atoms in total. The largest absolute Gasteiger partial charge is 0.355 e. The van der Waals surface area contributed by atoms with Crippen LogP contribution in [-0.2, 0) is 11.2 Å². The van der Waals surface area contributed by atoms with Crippen molar-refractivity contribution in [2.24, 2.45) is 5.92 Å². The molecular weight excluding hydrogens is 328 g/mol. The highest BCUT2D eigenvalue weighted by molar-refractivity contribution is 6.52. The molecule has 1 aliphatic carbocycles. The van der Waals surface area contributed by atoms with Crippen molar-refractivity contribution in [1.82, 2.24) is 15.1 Å². The molecule has 0 radical (unpaired) electrons. The van der Waals surface area contributed by atoms with E-state index < -0.39 is 4.33 Å². The third kappa shape index (κ3) is 3.42. The number of nitrogens with zero attached hydrogens (tertiary/aromatic N) is 2. The van der Waals surface area contributed by atoms with Gasteiger partial charge >= 0.3 is 0 Å². The number of hydrogen-bond acceptors (Lipinski definition) is 2. The van der Waals surface area contributed by atoms with Crippen molar-refractivity contribution in [2.75, 3.05) is 6.54 Å². The molecule has 1 unspecified atom stereocenters. The van der Waals surface area contributed by atoms with E-state index in [0.717, 1.165) is 11.4 Å². The monoisotopic (exact) mass is 341 g/mol. The Morgan fingerprint density at radius 3 is 2.68 bits per heavy atom. The first-order valence-corrected chi connectivity index (χ1v) is 7.67. The average Bonchev–Trinajstić information content (AvgIpc) is 2.91. The van der Waals surface area contributed by atoms with Crippen LogP contribution < -0.4 is 5.32 Å². The van der Waals surface area contributed by atoms with Gasteiger partial charge in [0.05, 0.1) is 17.3 Å². The van der Waals surface area contributed by atoms with E-state index in [1.807, 2.05) is 6.07 Å². The Morgan fingerprint density at radius 1 is 1.36 bits per heavy atom. The van der Waals surface area contributed by atoms with Crippen LogP contribution in [-0.4, -0.2) is 26.6 Å². The van der Waals surface area contributed by atoms with E-state index in [4.69, 9.17) is 23.2 Å². The highest BCUT2D eigenvalue weighted by Crippen LogP contribution is 2.53. The summed E-state index contributed by atoms with van der Waals surface area (Å²) >= 11 is 11.7. The minimum absolute atomic E-state index is 0.122. The van der Waals surface area contributed by atoms with Crippen LogP contribution in [0.4, 0.5) is 4.39 Å². The molecule has 1 atom stereocenters. The van der Waals surface area contributed by atoms with Gasteiger partial charge < -0.3 is 5.32 Å². The number of nitrogens with one attached hydrogen (secondary N) is 1. The summed E-state index contributed by atoms with van der Waals surface area (Å²) in [7, 11) is 0. The van der Waals surface area contributed by atoms with Crippen molar-refractivity contribution in [1.29, 1.82) is 0 Å². The van der Waals surface area contributed by atoms with E-state index in [2.05, 4.69) is 10.4 Å². The van der Waals surface area contributed by atoms with Crippen molar-refractivity contribution in [3.8, 4) is 5.69 Å². The maximum Gasteiger partial charge on any atom is 0.226 e. The van der Waals surface area contributed by atoms with Gasteiger partial charge in [0, 0.05) is 19.2 Å². The molecule has 7 heteroatoms. The number of rotatable bonds is 5. The molecule has 116 valence electrons. The Hall–Kier alpha value is -1.59. The molecule has 0 aliphatic heterocycles. The molecule has 1 fully saturated rings. The van der Waals surface area contributed by atoms with Gasteiger partial charge in [0.1, 0.15) is 10.2 Å². The van der Waals surface area contributed by atoms with Gasteiger partial charge in [-0.3, -0.25) is 4.79 Å². The number of carbonyl (C=O) groups is 1. The lowest BCUT2D eigenvalue weighted by Gasteiger charge is -2.04. The fraction of sp³-hybridized carbons (Fsp3) is 0.333. The fourth-order valence-corrected chi connectivity index (χ4v) is 2.67. The van der Waals surface area contributed by atoms with Gasteiger partial charge in [0.15, 0.2) is 0 Å². The van der Waals surface area contributed by atoms with E-state index in [9.17, 15) is 9.18 Å². The van der Waals surface area contributed by atoms with Crippen molar-refractivity contribution in [2.45, 2.75) is 17.2 Å². The average molecular weight is 342 g/mol. The van der Waals surface area contributed by atoms with Gasteiger partial charge in [0.2, 0.25) is 5.91 Å². The van der Waals surface area contributed by atoms with E-state index in [0.29, 0.717) is 19.4 Å². The molecule has 1 saturated carbocycles. The molecule has 1 N–H and O–H groups in total. The zero-order valence-corrected chi connectivity index (χ0v) is 13.1. The van der Waals surface area contributed by atoms with Gasteiger partial charge in [-0.15, -0.1) is 23.2 Å². The molecule has 0 spiro atoms.